The molecule has 3 amide bonds. The molecule has 0 bridgehead atoms. The van der Waals surface area contributed by atoms with Crippen LogP contribution in [0.25, 0.3) is 0 Å². The maximum Gasteiger partial charge on any atom is 0.322 e. The number of aryl methyl sites for hydroxylation is 1. The Bertz CT molecular complexity index is 922. The van der Waals surface area contributed by atoms with Crippen molar-refractivity contribution in [3.05, 3.63) is 52.9 Å². The van der Waals surface area contributed by atoms with Gasteiger partial charge in [0, 0.05) is 5.56 Å². The van der Waals surface area contributed by atoms with Crippen LogP contribution in [0, 0.1) is 24.4 Å². The number of carbonyl (C=O) groups excluding carboxylic acids is 2. The van der Waals surface area contributed by atoms with E-state index in [2.05, 4.69) is 20.6 Å². The normalized spacial score (nSPS) is 14.4. The molecule has 10 heteroatoms. The predicted octanol–water partition coefficient (Wildman–Crippen LogP) is 2.43. The SMILES string of the molecule is Cc1ncc(F)c([C@@H](C)NC(=O)CN2Cc3c(ccc(F)c3F)NC2=O)n1. The molecule has 3 rings (SSSR count). The van der Waals surface area contributed by atoms with E-state index in [0.717, 1.165) is 17.2 Å². The van der Waals surface area contributed by atoms with Crippen LogP contribution in [-0.2, 0) is 11.3 Å². The average Bonchev–Trinajstić information content (AvgIpc) is 2.61. The maximum absolute atomic E-state index is 13.9. The van der Waals surface area contributed by atoms with Crippen LogP contribution in [0.1, 0.15) is 30.0 Å². The zero-order valence-corrected chi connectivity index (χ0v) is 14.5. The molecule has 1 aromatic carbocycles. The summed E-state index contributed by atoms with van der Waals surface area (Å²) in [4.78, 5) is 33.0. The van der Waals surface area contributed by atoms with Gasteiger partial charge in [-0.15, -0.1) is 0 Å². The standard InChI is InChI=1S/C17H16F3N5O2/c1-8(16-12(19)5-21-9(2)23-16)22-14(26)7-25-6-10-13(24-17(25)27)4-3-11(18)15(10)20/h3-5,8H,6-7H2,1-2H3,(H,22,26)(H,24,27)/t8-/m1/s1. The Morgan fingerprint density at radius 2 is 2.07 bits per heavy atom. The van der Waals surface area contributed by atoms with Crippen molar-refractivity contribution in [2.24, 2.45) is 0 Å². The Kier molecular flexibility index (Phi) is 4.98. The molecule has 2 heterocycles. The first kappa shape index (κ1) is 18.6. The summed E-state index contributed by atoms with van der Waals surface area (Å²) in [6.07, 6.45) is 1.01. The van der Waals surface area contributed by atoms with Crippen LogP contribution in [0.15, 0.2) is 18.3 Å². The number of amides is 3. The first-order valence-electron chi connectivity index (χ1n) is 8.07. The monoisotopic (exact) mass is 379 g/mol. The highest BCUT2D eigenvalue weighted by molar-refractivity contribution is 5.94. The van der Waals surface area contributed by atoms with Gasteiger partial charge in [-0.1, -0.05) is 0 Å². The Balaban J connectivity index is 1.70. The molecule has 142 valence electrons. The number of benzene rings is 1. The number of rotatable bonds is 4. The van der Waals surface area contributed by atoms with Crippen LogP contribution < -0.4 is 10.6 Å². The minimum absolute atomic E-state index is 0.0115. The fraction of sp³-hybridized carbons (Fsp3) is 0.294. The van der Waals surface area contributed by atoms with Gasteiger partial charge < -0.3 is 15.5 Å². The lowest BCUT2D eigenvalue weighted by Gasteiger charge is -2.29. The molecule has 0 fully saturated rings. The van der Waals surface area contributed by atoms with Crippen LogP contribution in [-0.4, -0.2) is 33.4 Å². The first-order chi connectivity index (χ1) is 12.8. The van der Waals surface area contributed by atoms with E-state index in [1.54, 1.807) is 6.92 Å². The van der Waals surface area contributed by atoms with Gasteiger partial charge >= 0.3 is 6.03 Å². The molecule has 27 heavy (non-hydrogen) atoms. The number of halogens is 3. The lowest BCUT2D eigenvalue weighted by atomic mass is 10.1. The summed E-state index contributed by atoms with van der Waals surface area (Å²) in [5.41, 5.74) is 0.118. The molecule has 0 unspecified atom stereocenters. The number of carbonyl (C=O) groups is 2. The van der Waals surface area contributed by atoms with Gasteiger partial charge in [-0.2, -0.15) is 0 Å². The number of nitrogens with zero attached hydrogens (tertiary/aromatic N) is 3. The number of fused-ring (bicyclic) bond motifs is 1. The number of anilines is 1. The van der Waals surface area contributed by atoms with Crippen molar-refractivity contribution in [1.29, 1.82) is 0 Å². The molecular weight excluding hydrogens is 363 g/mol. The summed E-state index contributed by atoms with van der Waals surface area (Å²) < 4.78 is 41.1. The van der Waals surface area contributed by atoms with E-state index in [1.807, 2.05) is 0 Å². The summed E-state index contributed by atoms with van der Waals surface area (Å²) in [5.74, 6) is -3.05. The maximum atomic E-state index is 13.9. The molecule has 0 spiro atoms. The third-order valence-corrected chi connectivity index (χ3v) is 4.09. The van der Waals surface area contributed by atoms with Crippen LogP contribution in [0.4, 0.5) is 23.7 Å². The van der Waals surface area contributed by atoms with Gasteiger partial charge in [-0.05, 0) is 26.0 Å². The lowest BCUT2D eigenvalue weighted by Crippen LogP contribution is -2.45. The predicted molar refractivity (Wildman–Crippen MR) is 89.1 cm³/mol. The molecule has 0 saturated heterocycles. The van der Waals surface area contributed by atoms with Crippen molar-refractivity contribution in [3.8, 4) is 0 Å². The van der Waals surface area contributed by atoms with E-state index in [4.69, 9.17) is 0 Å². The van der Waals surface area contributed by atoms with Crippen LogP contribution >= 0.6 is 0 Å². The smallest absolute Gasteiger partial charge is 0.322 e. The fourth-order valence-corrected chi connectivity index (χ4v) is 2.75. The number of nitrogens with one attached hydrogen (secondary N) is 2. The second kappa shape index (κ2) is 7.22. The minimum Gasteiger partial charge on any atom is -0.346 e. The average molecular weight is 379 g/mol. The number of hydrogen-bond acceptors (Lipinski definition) is 4. The van der Waals surface area contributed by atoms with Crippen molar-refractivity contribution in [3.63, 3.8) is 0 Å². The fourth-order valence-electron chi connectivity index (χ4n) is 2.75. The molecule has 1 aliphatic heterocycles. The third kappa shape index (κ3) is 3.83. The highest BCUT2D eigenvalue weighted by Crippen LogP contribution is 2.27. The molecule has 2 aromatic rings. The molecule has 1 atom stereocenters. The second-order valence-electron chi connectivity index (χ2n) is 6.11. The quantitative estimate of drug-likeness (QED) is 0.854. The molecule has 1 aliphatic rings. The minimum atomic E-state index is -1.08. The van der Waals surface area contributed by atoms with E-state index in [-0.39, 0.29) is 23.5 Å². The van der Waals surface area contributed by atoms with Crippen LogP contribution in [0.5, 0.6) is 0 Å². The first-order valence-corrected chi connectivity index (χ1v) is 8.07. The van der Waals surface area contributed by atoms with E-state index in [9.17, 15) is 22.8 Å². The Labute approximate surface area is 152 Å². The van der Waals surface area contributed by atoms with Gasteiger partial charge in [-0.3, -0.25) is 4.79 Å². The largest absolute Gasteiger partial charge is 0.346 e. The zero-order chi connectivity index (χ0) is 19.7. The summed E-state index contributed by atoms with van der Waals surface area (Å²) in [5, 5.41) is 4.93. The van der Waals surface area contributed by atoms with Crippen LogP contribution in [0.2, 0.25) is 0 Å². The van der Waals surface area contributed by atoms with Crippen molar-refractivity contribution in [2.75, 3.05) is 11.9 Å². The molecule has 0 aliphatic carbocycles. The summed E-state index contributed by atoms with van der Waals surface area (Å²) in [6, 6.07) is 0.774. The lowest BCUT2D eigenvalue weighted by molar-refractivity contribution is -0.122. The van der Waals surface area contributed by atoms with Gasteiger partial charge in [0.25, 0.3) is 0 Å². The van der Waals surface area contributed by atoms with Crippen molar-refractivity contribution in [2.45, 2.75) is 26.4 Å². The summed E-state index contributed by atoms with van der Waals surface area (Å²) >= 11 is 0. The molecule has 2 N–H and O–H groups in total. The van der Waals surface area contributed by atoms with E-state index < -0.39 is 42.0 Å². The topological polar surface area (TPSA) is 87.2 Å². The highest BCUT2D eigenvalue weighted by Gasteiger charge is 2.28. The molecule has 0 radical (unpaired) electrons. The van der Waals surface area contributed by atoms with Crippen LogP contribution in [0.3, 0.4) is 0 Å². The second-order valence-corrected chi connectivity index (χ2v) is 6.11. The molecule has 1 aromatic heterocycles. The van der Waals surface area contributed by atoms with E-state index in [1.165, 1.54) is 13.0 Å². The van der Waals surface area contributed by atoms with Crippen molar-refractivity contribution in [1.82, 2.24) is 20.2 Å². The van der Waals surface area contributed by atoms with Gasteiger partial charge in [0.05, 0.1) is 24.5 Å². The van der Waals surface area contributed by atoms with Crippen molar-refractivity contribution < 1.29 is 22.8 Å². The highest BCUT2D eigenvalue weighted by atomic mass is 19.2. The summed E-state index contributed by atoms with van der Waals surface area (Å²) in [6.45, 7) is 2.43. The zero-order valence-electron chi connectivity index (χ0n) is 14.5. The Morgan fingerprint density at radius 1 is 1.33 bits per heavy atom. The van der Waals surface area contributed by atoms with Gasteiger partial charge in [-0.25, -0.2) is 27.9 Å². The van der Waals surface area contributed by atoms with E-state index >= 15 is 0 Å². The summed E-state index contributed by atoms with van der Waals surface area (Å²) in [7, 11) is 0. The number of hydrogen-bond donors (Lipinski definition) is 2. The Morgan fingerprint density at radius 3 is 2.81 bits per heavy atom. The van der Waals surface area contributed by atoms with Gasteiger partial charge in [0.2, 0.25) is 5.91 Å². The number of aromatic nitrogens is 2. The molecule has 0 saturated carbocycles. The third-order valence-electron chi connectivity index (χ3n) is 4.09. The molecule has 7 nitrogen and oxygen atoms in total. The molecular formula is C17H16F3N5O2. The Hall–Kier alpha value is -3.17. The number of urea groups is 1. The van der Waals surface area contributed by atoms with E-state index in [0.29, 0.717) is 5.82 Å². The van der Waals surface area contributed by atoms with Crippen molar-refractivity contribution >= 4 is 17.6 Å². The van der Waals surface area contributed by atoms with Gasteiger partial charge in [0.1, 0.15) is 18.1 Å². The van der Waals surface area contributed by atoms with Gasteiger partial charge in [0.15, 0.2) is 17.5 Å².